The summed E-state index contributed by atoms with van der Waals surface area (Å²) in [6, 6.07) is 5.06. The first kappa shape index (κ1) is 15.3. The van der Waals surface area contributed by atoms with E-state index in [9.17, 15) is 18.3 Å². The number of aliphatic hydroxyl groups is 1. The molecule has 0 unspecified atom stereocenters. The first-order valence-electron chi connectivity index (χ1n) is 6.76. The zero-order chi connectivity index (χ0) is 16.7. The van der Waals surface area contributed by atoms with Gasteiger partial charge in [-0.1, -0.05) is 0 Å². The summed E-state index contributed by atoms with van der Waals surface area (Å²) < 4.78 is 46.8. The summed E-state index contributed by atoms with van der Waals surface area (Å²) in [5, 5.41) is 18.6. The number of alkyl halides is 2. The lowest BCUT2D eigenvalue weighted by atomic mass is 10.1. The van der Waals surface area contributed by atoms with Crippen molar-refractivity contribution in [3.8, 4) is 17.6 Å². The average Bonchev–Trinajstić information content (AvgIpc) is 2.75. The molecule has 1 N–H and O–H groups in total. The summed E-state index contributed by atoms with van der Waals surface area (Å²) in [5.74, 6) is -0.860. The van der Waals surface area contributed by atoms with Gasteiger partial charge in [-0.3, -0.25) is 4.98 Å². The highest BCUT2D eigenvalue weighted by atomic mass is 19.2. The Labute approximate surface area is 129 Å². The van der Waals surface area contributed by atoms with Crippen LogP contribution in [0.5, 0.6) is 11.5 Å². The first-order valence-corrected chi connectivity index (χ1v) is 6.76. The van der Waals surface area contributed by atoms with Gasteiger partial charge in [0, 0.05) is 22.9 Å². The number of fused-ring (bicyclic) bond motifs is 1. The molecule has 1 aliphatic rings. The van der Waals surface area contributed by atoms with E-state index in [-0.39, 0.29) is 28.2 Å². The molecule has 2 aromatic rings. The molecule has 0 spiro atoms. The topological polar surface area (TPSA) is 66.1 Å². The van der Waals surface area contributed by atoms with Crippen LogP contribution in [-0.4, -0.2) is 16.3 Å². The molecule has 0 saturated heterocycles. The van der Waals surface area contributed by atoms with Gasteiger partial charge in [-0.2, -0.15) is 5.26 Å². The fourth-order valence-electron chi connectivity index (χ4n) is 2.65. The van der Waals surface area contributed by atoms with E-state index in [0.717, 1.165) is 12.1 Å². The van der Waals surface area contributed by atoms with E-state index in [1.165, 1.54) is 19.2 Å². The highest BCUT2D eigenvalue weighted by Gasteiger charge is 2.44. The summed E-state index contributed by atoms with van der Waals surface area (Å²) in [4.78, 5) is 3.95. The summed E-state index contributed by atoms with van der Waals surface area (Å²) in [6.45, 7) is 1.52. The molecular formula is C16H11F3N2O2. The third kappa shape index (κ3) is 2.51. The van der Waals surface area contributed by atoms with Crippen LogP contribution in [0.15, 0.2) is 24.4 Å². The van der Waals surface area contributed by atoms with E-state index in [4.69, 9.17) is 10.00 Å². The maximum Gasteiger partial charge on any atom is 0.165 e. The highest BCUT2D eigenvalue weighted by Crippen LogP contribution is 2.49. The van der Waals surface area contributed by atoms with Gasteiger partial charge in [0.1, 0.15) is 17.7 Å². The Hall–Kier alpha value is -2.59. The number of aryl methyl sites for hydroxylation is 1. The fourth-order valence-corrected chi connectivity index (χ4v) is 2.65. The van der Waals surface area contributed by atoms with Gasteiger partial charge in [0.25, 0.3) is 0 Å². The zero-order valence-electron chi connectivity index (χ0n) is 11.9. The lowest BCUT2D eigenvalue weighted by Crippen LogP contribution is -2.09. The molecule has 1 heterocycles. The summed E-state index contributed by atoms with van der Waals surface area (Å²) in [7, 11) is 0. The second-order valence-electron chi connectivity index (χ2n) is 5.22. The van der Waals surface area contributed by atoms with Gasteiger partial charge in [0.2, 0.25) is 0 Å². The van der Waals surface area contributed by atoms with Crippen molar-refractivity contribution in [1.82, 2.24) is 4.98 Å². The monoisotopic (exact) mass is 320 g/mol. The number of aromatic nitrogens is 1. The molecule has 0 amide bonds. The zero-order valence-corrected chi connectivity index (χ0v) is 11.9. The van der Waals surface area contributed by atoms with Crippen LogP contribution in [0.1, 0.15) is 34.7 Å². The van der Waals surface area contributed by atoms with E-state index in [2.05, 4.69) is 4.98 Å². The maximum atomic E-state index is 14.2. The molecule has 0 saturated carbocycles. The Kier molecular flexibility index (Phi) is 3.70. The smallest absolute Gasteiger partial charge is 0.165 e. The molecule has 23 heavy (non-hydrogen) atoms. The molecule has 0 aliphatic heterocycles. The minimum atomic E-state index is -2.11. The van der Waals surface area contributed by atoms with Gasteiger partial charge in [0.05, 0.1) is 17.8 Å². The van der Waals surface area contributed by atoms with E-state index in [1.807, 2.05) is 0 Å². The van der Waals surface area contributed by atoms with E-state index >= 15 is 0 Å². The van der Waals surface area contributed by atoms with Crippen molar-refractivity contribution in [1.29, 1.82) is 5.26 Å². The summed E-state index contributed by atoms with van der Waals surface area (Å²) in [6.07, 6.45) is -4.63. The van der Waals surface area contributed by atoms with E-state index < -0.39 is 24.3 Å². The molecule has 1 aromatic heterocycles. The van der Waals surface area contributed by atoms with Gasteiger partial charge in [-0.05, 0) is 19.1 Å². The quantitative estimate of drug-likeness (QED) is 0.918. The molecule has 7 heteroatoms. The molecule has 1 aromatic carbocycles. The van der Waals surface area contributed by atoms with Crippen LogP contribution in [0.2, 0.25) is 0 Å². The van der Waals surface area contributed by atoms with Crippen LogP contribution in [0, 0.1) is 24.1 Å². The first-order chi connectivity index (χ1) is 10.9. The van der Waals surface area contributed by atoms with Gasteiger partial charge < -0.3 is 9.84 Å². The van der Waals surface area contributed by atoms with Crippen LogP contribution >= 0.6 is 0 Å². The Bertz CT molecular complexity index is 820. The predicted octanol–water partition coefficient (Wildman–Crippen LogP) is 3.59. The number of ether oxygens (including phenoxy) is 1. The third-order valence-corrected chi connectivity index (χ3v) is 3.70. The molecule has 3 rings (SSSR count). The number of pyridine rings is 1. The fraction of sp³-hybridized carbons (Fsp3) is 0.250. The minimum Gasteiger partial charge on any atom is -0.455 e. The lowest BCUT2D eigenvalue weighted by Gasteiger charge is -2.13. The average molecular weight is 320 g/mol. The van der Waals surface area contributed by atoms with Crippen molar-refractivity contribution < 1.29 is 23.0 Å². The van der Waals surface area contributed by atoms with Crippen molar-refractivity contribution in [3.05, 3.63) is 52.6 Å². The van der Waals surface area contributed by atoms with Crippen LogP contribution in [0.25, 0.3) is 0 Å². The van der Waals surface area contributed by atoms with Crippen LogP contribution < -0.4 is 4.74 Å². The van der Waals surface area contributed by atoms with Gasteiger partial charge in [-0.25, -0.2) is 13.2 Å². The number of hydrogen-bond acceptors (Lipinski definition) is 4. The normalized spacial score (nSPS) is 22.5. The Morgan fingerprint density at radius 3 is 2.70 bits per heavy atom. The van der Waals surface area contributed by atoms with Crippen LogP contribution in [0.4, 0.5) is 13.2 Å². The Morgan fingerprint density at radius 2 is 2.00 bits per heavy atom. The number of hydrogen-bond donors (Lipinski definition) is 1. The summed E-state index contributed by atoms with van der Waals surface area (Å²) >= 11 is 0. The third-order valence-electron chi connectivity index (χ3n) is 3.70. The molecule has 0 bridgehead atoms. The molecule has 4 nitrogen and oxygen atoms in total. The Morgan fingerprint density at radius 1 is 1.26 bits per heavy atom. The van der Waals surface area contributed by atoms with Crippen molar-refractivity contribution in [2.24, 2.45) is 0 Å². The number of nitriles is 1. The second kappa shape index (κ2) is 5.56. The molecule has 3 atom stereocenters. The van der Waals surface area contributed by atoms with Gasteiger partial charge in [-0.15, -0.1) is 0 Å². The molecule has 118 valence electrons. The Balaban J connectivity index is 2.07. The highest BCUT2D eigenvalue weighted by molar-refractivity contribution is 5.50. The number of aliphatic hydroxyl groups excluding tert-OH is 1. The van der Waals surface area contributed by atoms with Crippen molar-refractivity contribution in [3.63, 3.8) is 0 Å². The number of rotatable bonds is 2. The van der Waals surface area contributed by atoms with E-state index in [1.54, 1.807) is 6.07 Å². The van der Waals surface area contributed by atoms with Crippen molar-refractivity contribution in [2.45, 2.75) is 25.4 Å². The van der Waals surface area contributed by atoms with Crippen LogP contribution in [0.3, 0.4) is 0 Å². The maximum absolute atomic E-state index is 14.2. The van der Waals surface area contributed by atoms with Crippen LogP contribution in [-0.2, 0) is 0 Å². The van der Waals surface area contributed by atoms with E-state index in [0.29, 0.717) is 5.69 Å². The SMILES string of the molecule is Cc1ncc(Oc2cc(F)cc(C#N)c2)c2c1[C@H](O)[C@H](F)[C@@H]2F. The molecule has 0 radical (unpaired) electrons. The van der Waals surface area contributed by atoms with Crippen molar-refractivity contribution in [2.75, 3.05) is 0 Å². The largest absolute Gasteiger partial charge is 0.455 e. The van der Waals surface area contributed by atoms with Gasteiger partial charge in [0.15, 0.2) is 18.1 Å². The van der Waals surface area contributed by atoms with Crippen molar-refractivity contribution >= 4 is 0 Å². The summed E-state index contributed by atoms with van der Waals surface area (Å²) in [5.41, 5.74) is 0.219. The number of halogens is 3. The molecule has 0 fully saturated rings. The molecule has 1 aliphatic carbocycles. The number of nitrogens with zero attached hydrogens (tertiary/aromatic N) is 2. The predicted molar refractivity (Wildman–Crippen MR) is 73.9 cm³/mol. The van der Waals surface area contributed by atoms with Gasteiger partial charge >= 0.3 is 0 Å². The second-order valence-corrected chi connectivity index (χ2v) is 5.22. The number of benzene rings is 1. The standard InChI is InChI=1S/C16H11F3N2O2/c1-7-12-13(14(18)15(19)16(12)22)11(6-21-7)23-10-3-8(5-20)2-9(17)4-10/h2-4,6,14-16,22H,1H3/t14-,15-,16+/m1/s1. The molecular weight excluding hydrogens is 309 g/mol. The minimum absolute atomic E-state index is 0.0249. The lowest BCUT2D eigenvalue weighted by molar-refractivity contribution is 0.0462.